The van der Waals surface area contributed by atoms with Gasteiger partial charge < -0.3 is 48.7 Å². The van der Waals surface area contributed by atoms with Gasteiger partial charge in [0, 0.05) is 24.9 Å². The van der Waals surface area contributed by atoms with Crippen LogP contribution in [-0.4, -0.2) is 143 Å². The molecule has 1 saturated heterocycles. The Bertz CT molecular complexity index is 1320. The zero-order valence-electron chi connectivity index (χ0n) is 34.3. The molecule has 2 rings (SSSR count). The monoisotopic (exact) mass is 770 g/mol. The SMILES string of the molecule is CC[C@H]1OC(=O)[C@H](C)[C@@H](O)[C@H](C)[C@@H](O[C@@H]2O[C@H](C)CC(N(C)C)[C@H]2OC(=O)CCC(C)=O)/C(C)=C/[C@@H](C)CN(C)[C@H](C)[C@@H](OC(=O)CCC(=O)O)[C@]1(C)O. The van der Waals surface area contributed by atoms with E-state index in [1.807, 2.05) is 50.7 Å². The summed E-state index contributed by atoms with van der Waals surface area (Å²) in [4.78, 5) is 66.2. The van der Waals surface area contributed by atoms with Gasteiger partial charge >= 0.3 is 23.9 Å². The van der Waals surface area contributed by atoms with Gasteiger partial charge in [0.2, 0.25) is 0 Å². The quantitative estimate of drug-likeness (QED) is 0.149. The highest BCUT2D eigenvalue weighted by atomic mass is 16.7. The number of ketones is 1. The van der Waals surface area contributed by atoms with Crippen LogP contribution in [0.15, 0.2) is 11.6 Å². The lowest BCUT2D eigenvalue weighted by atomic mass is 9.85. The maximum atomic E-state index is 13.7. The fourth-order valence-corrected chi connectivity index (χ4v) is 7.43. The third kappa shape index (κ3) is 13.1. The molecule has 0 bridgehead atoms. The fourth-order valence-electron chi connectivity index (χ4n) is 7.43. The molecule has 54 heavy (non-hydrogen) atoms. The van der Waals surface area contributed by atoms with Crippen LogP contribution in [0.2, 0.25) is 0 Å². The Labute approximate surface area is 320 Å². The highest BCUT2D eigenvalue weighted by Crippen LogP contribution is 2.35. The molecule has 0 spiro atoms. The summed E-state index contributed by atoms with van der Waals surface area (Å²) in [7, 11) is 5.54. The van der Waals surface area contributed by atoms with Crippen molar-refractivity contribution in [2.24, 2.45) is 17.8 Å². The minimum absolute atomic E-state index is 0.0375. The summed E-state index contributed by atoms with van der Waals surface area (Å²) >= 11 is 0. The number of cyclic esters (lactones) is 1. The Balaban J connectivity index is 2.62. The van der Waals surface area contributed by atoms with Gasteiger partial charge in [0.1, 0.15) is 23.6 Å². The number of carboxylic acids is 1. The molecule has 0 aromatic heterocycles. The Morgan fingerprint density at radius 3 is 2.17 bits per heavy atom. The number of aliphatic carboxylic acids is 1. The first kappa shape index (κ1) is 47.2. The van der Waals surface area contributed by atoms with Gasteiger partial charge in [-0.3, -0.25) is 24.1 Å². The first-order chi connectivity index (χ1) is 25.0. The molecule has 0 aromatic carbocycles. The molecule has 0 saturated carbocycles. The molecular weight excluding hydrogens is 704 g/mol. The maximum absolute atomic E-state index is 13.7. The molecule has 2 aliphatic rings. The lowest BCUT2D eigenvalue weighted by molar-refractivity contribution is -0.276. The number of carbonyl (C=O) groups excluding carboxylic acids is 4. The average molecular weight is 771 g/mol. The molecule has 2 aliphatic heterocycles. The number of Topliss-reactive ketones (excluding diaryl/α,β-unsaturated/α-hetero) is 1. The van der Waals surface area contributed by atoms with Gasteiger partial charge in [0.05, 0.1) is 49.5 Å². The molecule has 310 valence electrons. The van der Waals surface area contributed by atoms with Crippen molar-refractivity contribution in [3.8, 4) is 0 Å². The normalized spacial score (nSPS) is 37.2. The second-order valence-corrected chi connectivity index (χ2v) is 15.9. The van der Waals surface area contributed by atoms with E-state index in [-0.39, 0.29) is 43.1 Å². The summed E-state index contributed by atoms with van der Waals surface area (Å²) in [5, 5.41) is 32.9. The van der Waals surface area contributed by atoms with Gasteiger partial charge in [-0.05, 0) is 87.0 Å². The summed E-state index contributed by atoms with van der Waals surface area (Å²) in [5.74, 6) is -5.49. The first-order valence-electron chi connectivity index (χ1n) is 19.1. The summed E-state index contributed by atoms with van der Waals surface area (Å²) in [5.41, 5.74) is -1.20. The predicted molar refractivity (Wildman–Crippen MR) is 198 cm³/mol. The zero-order chi connectivity index (χ0) is 41.2. The molecule has 2 heterocycles. The van der Waals surface area contributed by atoms with Gasteiger partial charge in [-0.2, -0.15) is 0 Å². The maximum Gasteiger partial charge on any atom is 0.311 e. The smallest absolute Gasteiger partial charge is 0.311 e. The van der Waals surface area contributed by atoms with Crippen molar-refractivity contribution in [3.05, 3.63) is 11.6 Å². The van der Waals surface area contributed by atoms with E-state index in [1.54, 1.807) is 27.8 Å². The Kier molecular flexibility index (Phi) is 18.2. The van der Waals surface area contributed by atoms with Gasteiger partial charge in [-0.15, -0.1) is 0 Å². The molecule has 15 heteroatoms. The van der Waals surface area contributed by atoms with E-state index in [9.17, 15) is 34.2 Å². The summed E-state index contributed by atoms with van der Waals surface area (Å²) < 4.78 is 30.6. The molecule has 0 aromatic rings. The zero-order valence-corrected chi connectivity index (χ0v) is 34.3. The van der Waals surface area contributed by atoms with E-state index in [0.717, 1.165) is 0 Å². The van der Waals surface area contributed by atoms with Gasteiger partial charge in [-0.1, -0.05) is 26.8 Å². The number of esters is 3. The molecule has 1 unspecified atom stereocenters. The Morgan fingerprint density at radius 1 is 1.02 bits per heavy atom. The van der Waals surface area contributed by atoms with E-state index in [0.29, 0.717) is 18.5 Å². The number of rotatable bonds is 12. The standard InChI is InChI=1S/C39H66N2O13/c1-13-29-39(9,49)36(53-32(46)17-15-30(43)44)27(8)41(12)20-21(2)18-22(3)34(25(6)33(47)26(7)37(48)51-29)54-38-35(52-31(45)16-14-23(4)42)28(40(10)11)19-24(5)50-38/h18,21,24-29,33-36,38,47,49H,13-17,19-20H2,1-12H3,(H,43,44)/b22-18+/t21-,24-,25+,26-,27-,28?,29-,33+,34+,35-,36-,38+,39-/m1/s1. The van der Waals surface area contributed by atoms with Crippen molar-refractivity contribution in [3.63, 3.8) is 0 Å². The van der Waals surface area contributed by atoms with Crippen molar-refractivity contribution < 1.29 is 63.0 Å². The molecule has 3 N–H and O–H groups in total. The van der Waals surface area contributed by atoms with Crippen molar-refractivity contribution >= 4 is 29.7 Å². The number of carbonyl (C=O) groups is 5. The van der Waals surface area contributed by atoms with Crippen LogP contribution < -0.4 is 0 Å². The van der Waals surface area contributed by atoms with Crippen LogP contribution in [-0.2, 0) is 47.7 Å². The minimum atomic E-state index is -1.91. The third-order valence-electron chi connectivity index (χ3n) is 10.7. The minimum Gasteiger partial charge on any atom is -0.481 e. The summed E-state index contributed by atoms with van der Waals surface area (Å²) in [6.07, 6.45) is -5.05. The largest absolute Gasteiger partial charge is 0.481 e. The van der Waals surface area contributed by atoms with Gasteiger partial charge in [0.25, 0.3) is 0 Å². The molecule has 15 nitrogen and oxygen atoms in total. The second-order valence-electron chi connectivity index (χ2n) is 15.9. The van der Waals surface area contributed by atoms with Crippen molar-refractivity contribution in [2.45, 2.75) is 161 Å². The van der Waals surface area contributed by atoms with E-state index < -0.39 is 97.0 Å². The summed E-state index contributed by atoms with van der Waals surface area (Å²) in [6.45, 7) is 15.7. The predicted octanol–water partition coefficient (Wildman–Crippen LogP) is 3.12. The average Bonchev–Trinajstić information content (AvgIpc) is 3.08. The Hall–Kier alpha value is -2.95. The lowest BCUT2D eigenvalue weighted by Crippen LogP contribution is -2.60. The highest BCUT2D eigenvalue weighted by Gasteiger charge is 2.49. The van der Waals surface area contributed by atoms with Crippen LogP contribution >= 0.6 is 0 Å². The molecule has 0 radical (unpaired) electrons. The number of aliphatic hydroxyl groups is 2. The van der Waals surface area contributed by atoms with Crippen LogP contribution in [0.5, 0.6) is 0 Å². The summed E-state index contributed by atoms with van der Waals surface area (Å²) in [6, 6.07) is -0.921. The molecule has 0 amide bonds. The van der Waals surface area contributed by atoms with Crippen molar-refractivity contribution in [1.82, 2.24) is 9.80 Å². The second kappa shape index (κ2) is 20.8. The molecular formula is C39H66N2O13. The number of aliphatic hydroxyl groups excluding tert-OH is 1. The van der Waals surface area contributed by atoms with Crippen LogP contribution in [0.3, 0.4) is 0 Å². The van der Waals surface area contributed by atoms with Crippen LogP contribution in [0, 0.1) is 17.8 Å². The number of likely N-dealkylation sites (N-methyl/N-ethyl adjacent to an activating group) is 2. The van der Waals surface area contributed by atoms with E-state index in [1.165, 1.54) is 20.8 Å². The van der Waals surface area contributed by atoms with Crippen molar-refractivity contribution in [1.29, 1.82) is 0 Å². The highest BCUT2D eigenvalue weighted by molar-refractivity contribution is 5.81. The lowest BCUT2D eigenvalue weighted by Gasteiger charge is -2.45. The van der Waals surface area contributed by atoms with E-state index in [2.05, 4.69) is 0 Å². The first-order valence-corrected chi connectivity index (χ1v) is 19.1. The number of hydrogen-bond donors (Lipinski definition) is 3. The van der Waals surface area contributed by atoms with Crippen LogP contribution in [0.4, 0.5) is 0 Å². The number of ether oxygens (including phenoxy) is 5. The van der Waals surface area contributed by atoms with E-state index >= 15 is 0 Å². The number of hydrogen-bond acceptors (Lipinski definition) is 14. The van der Waals surface area contributed by atoms with Gasteiger partial charge in [0.15, 0.2) is 12.4 Å². The van der Waals surface area contributed by atoms with Crippen molar-refractivity contribution in [2.75, 3.05) is 27.7 Å². The Morgan fingerprint density at radius 2 is 1.61 bits per heavy atom. The number of nitrogens with zero attached hydrogens (tertiary/aromatic N) is 2. The molecule has 1 fully saturated rings. The van der Waals surface area contributed by atoms with E-state index in [4.69, 9.17) is 28.8 Å². The van der Waals surface area contributed by atoms with Crippen LogP contribution in [0.25, 0.3) is 0 Å². The number of carboxylic acid groups (broad SMARTS) is 1. The third-order valence-corrected chi connectivity index (χ3v) is 10.7. The topological polar surface area (TPSA) is 199 Å². The fraction of sp³-hybridized carbons (Fsp3) is 0.821. The van der Waals surface area contributed by atoms with Crippen LogP contribution in [0.1, 0.15) is 101 Å². The molecule has 0 aliphatic carbocycles. The molecule has 13 atom stereocenters. The van der Waals surface area contributed by atoms with Gasteiger partial charge in [-0.25, -0.2) is 0 Å².